The number of piperidine rings is 1. The number of carbonyl (C=O) groups excluding carboxylic acids is 1. The van der Waals surface area contributed by atoms with Crippen LogP contribution in [0.4, 0.5) is 8.78 Å². The second kappa shape index (κ2) is 9.79. The summed E-state index contributed by atoms with van der Waals surface area (Å²) in [6.45, 7) is 2.32. The molecule has 0 bridgehead atoms. The summed E-state index contributed by atoms with van der Waals surface area (Å²) >= 11 is 0. The average molecular weight is 421 g/mol. The van der Waals surface area contributed by atoms with Crippen LogP contribution in [-0.4, -0.2) is 28.9 Å². The minimum absolute atomic E-state index is 0.134. The zero-order valence-corrected chi connectivity index (χ0v) is 17.2. The molecule has 1 fully saturated rings. The lowest BCUT2D eigenvalue weighted by molar-refractivity contribution is 0.0874. The van der Waals surface area contributed by atoms with E-state index in [2.05, 4.69) is 15.2 Å². The first-order chi connectivity index (χ1) is 15.1. The van der Waals surface area contributed by atoms with Gasteiger partial charge in [0.1, 0.15) is 11.6 Å². The number of pyridine rings is 1. The zero-order chi connectivity index (χ0) is 21.6. The summed E-state index contributed by atoms with van der Waals surface area (Å²) < 4.78 is 27.2. The van der Waals surface area contributed by atoms with Gasteiger partial charge in [-0.1, -0.05) is 24.3 Å². The third-order valence-corrected chi connectivity index (χ3v) is 5.69. The van der Waals surface area contributed by atoms with Gasteiger partial charge in [0.05, 0.1) is 11.7 Å². The molecule has 4 rings (SSSR count). The normalized spacial score (nSPS) is 17.8. The molecule has 0 aliphatic carbocycles. The van der Waals surface area contributed by atoms with E-state index in [-0.39, 0.29) is 29.2 Å². The summed E-state index contributed by atoms with van der Waals surface area (Å²) in [5.74, 6) is -0.868. The monoisotopic (exact) mass is 421 g/mol. The Balaban J connectivity index is 1.52. The predicted molar refractivity (Wildman–Crippen MR) is 115 cm³/mol. The van der Waals surface area contributed by atoms with Crippen molar-refractivity contribution in [1.29, 1.82) is 0 Å². The molecule has 1 aliphatic rings. The number of hydrogen-bond acceptors (Lipinski definition) is 3. The molecule has 2 heterocycles. The van der Waals surface area contributed by atoms with Gasteiger partial charge in [0.15, 0.2) is 0 Å². The van der Waals surface area contributed by atoms with E-state index in [0.717, 1.165) is 37.2 Å². The summed E-state index contributed by atoms with van der Waals surface area (Å²) in [4.78, 5) is 19.6. The lowest BCUT2D eigenvalue weighted by Crippen LogP contribution is -2.43. The molecule has 3 aromatic rings. The highest BCUT2D eigenvalue weighted by Gasteiger charge is 2.30. The van der Waals surface area contributed by atoms with Crippen LogP contribution in [0.2, 0.25) is 0 Å². The van der Waals surface area contributed by atoms with Crippen molar-refractivity contribution in [3.63, 3.8) is 0 Å². The van der Waals surface area contributed by atoms with Gasteiger partial charge in [0.2, 0.25) is 0 Å². The van der Waals surface area contributed by atoms with Crippen molar-refractivity contribution >= 4 is 5.91 Å². The number of amides is 1. The molecule has 2 aromatic carbocycles. The summed E-state index contributed by atoms with van der Waals surface area (Å²) in [7, 11) is 0. The Hall–Kier alpha value is -3.12. The molecule has 0 unspecified atom stereocenters. The van der Waals surface area contributed by atoms with Crippen LogP contribution in [0.3, 0.4) is 0 Å². The standard InChI is InChI=1S/C25H25F2N3O/c26-21-9-3-6-18(14-21)16-30-13-5-8-20(17-30)24(23-11-1-2-12-28-23)29-25(31)19-7-4-10-22(27)15-19/h1-4,6-7,9-12,14-15,20,24H,5,8,13,16-17H2,(H,29,31)/t20-,24+/m1/s1. The fourth-order valence-electron chi connectivity index (χ4n) is 4.25. The van der Waals surface area contributed by atoms with E-state index < -0.39 is 5.82 Å². The summed E-state index contributed by atoms with van der Waals surface area (Å²) in [5.41, 5.74) is 2.00. The Labute approximate surface area is 180 Å². The van der Waals surface area contributed by atoms with Gasteiger partial charge in [-0.05, 0) is 73.3 Å². The van der Waals surface area contributed by atoms with Crippen LogP contribution in [0.1, 0.15) is 40.5 Å². The molecule has 1 saturated heterocycles. The van der Waals surface area contributed by atoms with E-state index in [9.17, 15) is 13.6 Å². The highest BCUT2D eigenvalue weighted by atomic mass is 19.1. The SMILES string of the molecule is O=C(N[C@H](c1ccccn1)[C@@H]1CCCN(Cc2cccc(F)c2)C1)c1cccc(F)c1. The number of aromatic nitrogens is 1. The number of rotatable bonds is 6. The number of likely N-dealkylation sites (tertiary alicyclic amines) is 1. The number of nitrogens with one attached hydrogen (secondary N) is 1. The van der Waals surface area contributed by atoms with E-state index in [4.69, 9.17) is 0 Å². The van der Waals surface area contributed by atoms with E-state index in [1.165, 1.54) is 24.3 Å². The van der Waals surface area contributed by atoms with Gasteiger partial charge < -0.3 is 5.32 Å². The average Bonchev–Trinajstić information content (AvgIpc) is 2.78. The molecule has 1 N–H and O–H groups in total. The first-order valence-electron chi connectivity index (χ1n) is 10.5. The van der Waals surface area contributed by atoms with Crippen molar-refractivity contribution in [3.8, 4) is 0 Å². The smallest absolute Gasteiger partial charge is 0.251 e. The Bertz CT molecular complexity index is 1030. The lowest BCUT2D eigenvalue weighted by atomic mass is 9.88. The van der Waals surface area contributed by atoms with Crippen molar-refractivity contribution < 1.29 is 13.6 Å². The van der Waals surface area contributed by atoms with Gasteiger partial charge in [-0.2, -0.15) is 0 Å². The van der Waals surface area contributed by atoms with Crippen molar-refractivity contribution in [1.82, 2.24) is 15.2 Å². The van der Waals surface area contributed by atoms with Crippen molar-refractivity contribution in [3.05, 3.63) is 101 Å². The molecule has 1 aromatic heterocycles. The van der Waals surface area contributed by atoms with Crippen molar-refractivity contribution in [2.45, 2.75) is 25.4 Å². The van der Waals surface area contributed by atoms with Gasteiger partial charge >= 0.3 is 0 Å². The molecule has 6 heteroatoms. The predicted octanol–water partition coefficient (Wildman–Crippen LogP) is 4.74. The number of hydrogen-bond donors (Lipinski definition) is 1. The number of carbonyl (C=O) groups is 1. The fraction of sp³-hybridized carbons (Fsp3) is 0.280. The topological polar surface area (TPSA) is 45.2 Å². The molecule has 4 nitrogen and oxygen atoms in total. The highest BCUT2D eigenvalue weighted by molar-refractivity contribution is 5.94. The summed E-state index contributed by atoms with van der Waals surface area (Å²) in [6.07, 6.45) is 3.62. The molecule has 0 saturated carbocycles. The Morgan fingerprint density at radius 2 is 1.87 bits per heavy atom. The molecular formula is C25H25F2N3O. The molecule has 1 amide bonds. The lowest BCUT2D eigenvalue weighted by Gasteiger charge is -2.37. The first kappa shape index (κ1) is 21.1. The van der Waals surface area contributed by atoms with Crippen molar-refractivity contribution in [2.24, 2.45) is 5.92 Å². The Morgan fingerprint density at radius 3 is 2.61 bits per heavy atom. The quantitative estimate of drug-likeness (QED) is 0.625. The van der Waals surface area contributed by atoms with E-state index >= 15 is 0 Å². The Morgan fingerprint density at radius 1 is 1.06 bits per heavy atom. The van der Waals surface area contributed by atoms with Gasteiger partial charge in [0.25, 0.3) is 5.91 Å². The van der Waals surface area contributed by atoms with Crippen LogP contribution in [0, 0.1) is 17.6 Å². The summed E-state index contributed by atoms with van der Waals surface area (Å²) in [6, 6.07) is 17.7. The second-order valence-corrected chi connectivity index (χ2v) is 7.98. The minimum atomic E-state index is -0.444. The minimum Gasteiger partial charge on any atom is -0.343 e. The third kappa shape index (κ3) is 5.52. The number of benzene rings is 2. The second-order valence-electron chi connectivity index (χ2n) is 7.98. The maximum absolute atomic E-state index is 13.6. The fourth-order valence-corrected chi connectivity index (χ4v) is 4.25. The molecule has 2 atom stereocenters. The van der Waals surface area contributed by atoms with Crippen LogP contribution in [0.15, 0.2) is 72.9 Å². The molecule has 31 heavy (non-hydrogen) atoms. The van der Waals surface area contributed by atoms with E-state index in [1.54, 1.807) is 24.4 Å². The summed E-state index contributed by atoms with van der Waals surface area (Å²) in [5, 5.41) is 3.09. The van der Waals surface area contributed by atoms with Crippen LogP contribution >= 0.6 is 0 Å². The first-order valence-corrected chi connectivity index (χ1v) is 10.5. The maximum atomic E-state index is 13.6. The largest absolute Gasteiger partial charge is 0.343 e. The van der Waals surface area contributed by atoms with Crippen LogP contribution in [0.25, 0.3) is 0 Å². The Kier molecular flexibility index (Phi) is 6.67. The van der Waals surface area contributed by atoms with Crippen molar-refractivity contribution in [2.75, 3.05) is 13.1 Å². The van der Waals surface area contributed by atoms with Gasteiger partial charge in [0, 0.05) is 24.8 Å². The number of nitrogens with zero attached hydrogens (tertiary/aromatic N) is 2. The molecule has 0 radical (unpaired) electrons. The van der Waals surface area contributed by atoms with Crippen LogP contribution in [0.5, 0.6) is 0 Å². The molecule has 1 aliphatic heterocycles. The van der Waals surface area contributed by atoms with Crippen LogP contribution < -0.4 is 5.32 Å². The van der Waals surface area contributed by atoms with Gasteiger partial charge in [-0.3, -0.25) is 14.7 Å². The molecule has 0 spiro atoms. The van der Waals surface area contributed by atoms with Crippen LogP contribution in [-0.2, 0) is 6.54 Å². The van der Waals surface area contributed by atoms with E-state index in [0.29, 0.717) is 6.54 Å². The molecular weight excluding hydrogens is 396 g/mol. The molecule has 160 valence electrons. The van der Waals surface area contributed by atoms with E-state index in [1.807, 2.05) is 24.3 Å². The maximum Gasteiger partial charge on any atom is 0.251 e. The zero-order valence-electron chi connectivity index (χ0n) is 17.2. The van der Waals surface area contributed by atoms with Gasteiger partial charge in [-0.15, -0.1) is 0 Å². The van der Waals surface area contributed by atoms with Gasteiger partial charge in [-0.25, -0.2) is 8.78 Å². The highest BCUT2D eigenvalue weighted by Crippen LogP contribution is 2.30. The third-order valence-electron chi connectivity index (χ3n) is 5.69. The number of halogens is 2.